The molecule has 1 N–H and O–H groups in total. The van der Waals surface area contributed by atoms with Crippen LogP contribution in [-0.2, 0) is 0 Å². The molecule has 0 aliphatic carbocycles. The molecule has 1 unspecified atom stereocenters. The molecule has 0 aliphatic heterocycles. The summed E-state index contributed by atoms with van der Waals surface area (Å²) in [4.78, 5) is 2.36. The van der Waals surface area contributed by atoms with Gasteiger partial charge in [0.2, 0.25) is 0 Å². The summed E-state index contributed by atoms with van der Waals surface area (Å²) in [6.45, 7) is 10.3. The molecule has 0 bridgehead atoms. The van der Waals surface area contributed by atoms with Gasteiger partial charge in [0.05, 0.1) is 0 Å². The molecule has 0 saturated heterocycles. The summed E-state index contributed by atoms with van der Waals surface area (Å²) in [6, 6.07) is 4.68. The summed E-state index contributed by atoms with van der Waals surface area (Å²) in [7, 11) is 0. The number of rotatable bonds is 8. The SMILES string of the molecule is CCNC(CCN(CC)CC)c1cc(F)ccc1Cl. The van der Waals surface area contributed by atoms with E-state index in [0.29, 0.717) is 5.02 Å². The Morgan fingerprint density at radius 1 is 1.26 bits per heavy atom. The molecule has 0 amide bonds. The van der Waals surface area contributed by atoms with Gasteiger partial charge in [0.25, 0.3) is 0 Å². The first-order chi connectivity index (χ1) is 9.12. The predicted octanol–water partition coefficient (Wildman–Crippen LogP) is 3.86. The van der Waals surface area contributed by atoms with E-state index >= 15 is 0 Å². The third-order valence-corrected chi connectivity index (χ3v) is 3.76. The van der Waals surface area contributed by atoms with Crippen molar-refractivity contribution in [2.45, 2.75) is 33.2 Å². The number of hydrogen-bond acceptors (Lipinski definition) is 2. The van der Waals surface area contributed by atoms with Gasteiger partial charge in [-0.25, -0.2) is 4.39 Å². The van der Waals surface area contributed by atoms with Crippen LogP contribution in [0.25, 0.3) is 0 Å². The largest absolute Gasteiger partial charge is 0.310 e. The molecule has 1 rings (SSSR count). The first kappa shape index (κ1) is 16.4. The fourth-order valence-electron chi connectivity index (χ4n) is 2.25. The van der Waals surface area contributed by atoms with Gasteiger partial charge >= 0.3 is 0 Å². The molecule has 0 fully saturated rings. The number of nitrogens with one attached hydrogen (secondary N) is 1. The highest BCUT2D eigenvalue weighted by Crippen LogP contribution is 2.26. The standard InChI is InChI=1S/C15H24ClFN2/c1-4-18-15(9-10-19(5-2)6-3)13-11-12(17)7-8-14(13)16/h7-8,11,15,18H,4-6,9-10H2,1-3H3. The van der Waals surface area contributed by atoms with Crippen molar-refractivity contribution < 1.29 is 4.39 Å². The van der Waals surface area contributed by atoms with Gasteiger partial charge in [-0.2, -0.15) is 0 Å². The lowest BCUT2D eigenvalue weighted by molar-refractivity contribution is 0.282. The Labute approximate surface area is 120 Å². The van der Waals surface area contributed by atoms with Crippen LogP contribution in [0.5, 0.6) is 0 Å². The van der Waals surface area contributed by atoms with Crippen molar-refractivity contribution in [2.24, 2.45) is 0 Å². The molecule has 2 nitrogen and oxygen atoms in total. The highest BCUT2D eigenvalue weighted by molar-refractivity contribution is 6.31. The van der Waals surface area contributed by atoms with Crippen LogP contribution in [0.3, 0.4) is 0 Å². The second-order valence-corrected chi connectivity index (χ2v) is 5.00. The number of halogens is 2. The maximum absolute atomic E-state index is 13.4. The Bertz CT molecular complexity index is 380. The Morgan fingerprint density at radius 2 is 1.95 bits per heavy atom. The van der Waals surface area contributed by atoms with Crippen molar-refractivity contribution in [1.82, 2.24) is 10.2 Å². The quantitative estimate of drug-likeness (QED) is 0.781. The summed E-state index contributed by atoms with van der Waals surface area (Å²) in [6.07, 6.45) is 0.929. The predicted molar refractivity (Wildman–Crippen MR) is 80.2 cm³/mol. The summed E-state index contributed by atoms with van der Waals surface area (Å²) in [5.74, 6) is -0.231. The van der Waals surface area contributed by atoms with Crippen molar-refractivity contribution in [1.29, 1.82) is 0 Å². The topological polar surface area (TPSA) is 15.3 Å². The van der Waals surface area contributed by atoms with Gasteiger partial charge in [0, 0.05) is 11.1 Å². The van der Waals surface area contributed by atoms with Gasteiger partial charge in [0.1, 0.15) is 5.82 Å². The molecule has 4 heteroatoms. The van der Waals surface area contributed by atoms with Crippen LogP contribution in [0.1, 0.15) is 38.8 Å². The third kappa shape index (κ3) is 5.09. The van der Waals surface area contributed by atoms with E-state index in [2.05, 4.69) is 31.0 Å². The summed E-state index contributed by atoms with van der Waals surface area (Å²) in [5, 5.41) is 4.02. The van der Waals surface area contributed by atoms with E-state index in [9.17, 15) is 4.39 Å². The lowest BCUT2D eigenvalue weighted by Crippen LogP contribution is -2.29. The zero-order valence-electron chi connectivity index (χ0n) is 12.0. The second kappa shape index (κ2) is 8.51. The van der Waals surface area contributed by atoms with Gasteiger partial charge in [-0.05, 0) is 56.4 Å². The molecule has 0 heterocycles. The first-order valence-corrected chi connectivity index (χ1v) is 7.40. The van der Waals surface area contributed by atoms with E-state index in [-0.39, 0.29) is 11.9 Å². The maximum Gasteiger partial charge on any atom is 0.123 e. The Balaban J connectivity index is 2.78. The smallest absolute Gasteiger partial charge is 0.123 e. The van der Waals surface area contributed by atoms with Crippen LogP contribution in [0.15, 0.2) is 18.2 Å². The van der Waals surface area contributed by atoms with Crippen molar-refractivity contribution in [3.05, 3.63) is 34.6 Å². The number of benzene rings is 1. The lowest BCUT2D eigenvalue weighted by atomic mass is 10.0. The van der Waals surface area contributed by atoms with E-state index in [1.165, 1.54) is 12.1 Å². The van der Waals surface area contributed by atoms with E-state index in [1.807, 2.05) is 0 Å². The molecule has 1 aromatic carbocycles. The minimum atomic E-state index is -0.231. The summed E-state index contributed by atoms with van der Waals surface area (Å²) in [5.41, 5.74) is 0.857. The molecule has 0 spiro atoms. The molecule has 0 aromatic heterocycles. The molecule has 1 atom stereocenters. The average Bonchev–Trinajstić information content (AvgIpc) is 2.41. The maximum atomic E-state index is 13.4. The van der Waals surface area contributed by atoms with Gasteiger partial charge in [-0.1, -0.05) is 32.4 Å². The van der Waals surface area contributed by atoms with E-state index in [0.717, 1.165) is 38.2 Å². The molecular weight excluding hydrogens is 263 g/mol. The molecule has 108 valence electrons. The highest BCUT2D eigenvalue weighted by Gasteiger charge is 2.15. The zero-order valence-corrected chi connectivity index (χ0v) is 12.8. The molecule has 1 aromatic rings. The number of nitrogens with zero attached hydrogens (tertiary/aromatic N) is 1. The second-order valence-electron chi connectivity index (χ2n) is 4.59. The van der Waals surface area contributed by atoms with E-state index in [4.69, 9.17) is 11.6 Å². The molecule has 0 radical (unpaired) electrons. The Hall–Kier alpha value is -0.640. The third-order valence-electron chi connectivity index (χ3n) is 3.41. The molecular formula is C15H24ClFN2. The van der Waals surface area contributed by atoms with Crippen LogP contribution in [0.4, 0.5) is 4.39 Å². The van der Waals surface area contributed by atoms with Crippen molar-refractivity contribution in [3.8, 4) is 0 Å². The number of hydrogen-bond donors (Lipinski definition) is 1. The summed E-state index contributed by atoms with van der Waals surface area (Å²) >= 11 is 6.19. The van der Waals surface area contributed by atoms with Crippen LogP contribution in [0, 0.1) is 5.82 Å². The van der Waals surface area contributed by atoms with Crippen molar-refractivity contribution in [2.75, 3.05) is 26.2 Å². The fraction of sp³-hybridized carbons (Fsp3) is 0.600. The molecule has 0 saturated carbocycles. The summed E-state index contributed by atoms with van der Waals surface area (Å²) < 4.78 is 13.4. The molecule has 0 aliphatic rings. The Morgan fingerprint density at radius 3 is 2.53 bits per heavy atom. The normalized spacial score (nSPS) is 12.9. The highest BCUT2D eigenvalue weighted by atomic mass is 35.5. The van der Waals surface area contributed by atoms with Crippen LogP contribution in [0.2, 0.25) is 5.02 Å². The van der Waals surface area contributed by atoms with Crippen LogP contribution < -0.4 is 5.32 Å². The van der Waals surface area contributed by atoms with Crippen molar-refractivity contribution >= 4 is 11.6 Å². The minimum absolute atomic E-state index is 0.105. The van der Waals surface area contributed by atoms with Crippen LogP contribution in [-0.4, -0.2) is 31.1 Å². The van der Waals surface area contributed by atoms with E-state index in [1.54, 1.807) is 6.07 Å². The van der Waals surface area contributed by atoms with Gasteiger partial charge in [0.15, 0.2) is 0 Å². The monoisotopic (exact) mass is 286 g/mol. The molecule has 19 heavy (non-hydrogen) atoms. The van der Waals surface area contributed by atoms with Gasteiger partial charge < -0.3 is 10.2 Å². The zero-order chi connectivity index (χ0) is 14.3. The average molecular weight is 287 g/mol. The lowest BCUT2D eigenvalue weighted by Gasteiger charge is -2.24. The van der Waals surface area contributed by atoms with E-state index < -0.39 is 0 Å². The first-order valence-electron chi connectivity index (χ1n) is 7.03. The van der Waals surface area contributed by atoms with Crippen LogP contribution >= 0.6 is 11.6 Å². The van der Waals surface area contributed by atoms with Gasteiger partial charge in [-0.15, -0.1) is 0 Å². The minimum Gasteiger partial charge on any atom is -0.310 e. The van der Waals surface area contributed by atoms with Crippen molar-refractivity contribution in [3.63, 3.8) is 0 Å². The Kier molecular flexibility index (Phi) is 7.36. The van der Waals surface area contributed by atoms with Gasteiger partial charge in [-0.3, -0.25) is 0 Å². The fourth-order valence-corrected chi connectivity index (χ4v) is 2.50.